The molecule has 3 aromatic rings. The van der Waals surface area contributed by atoms with Crippen LogP contribution in [0.1, 0.15) is 5.56 Å². The number of nitrogens with zero attached hydrogens (tertiary/aromatic N) is 4. The summed E-state index contributed by atoms with van der Waals surface area (Å²) in [6, 6.07) is 7.71. The van der Waals surface area contributed by atoms with Crippen LogP contribution in [0.25, 0.3) is 11.0 Å². The number of aromatic amines is 1. The molecule has 0 aliphatic rings. The maximum Gasteiger partial charge on any atom is 0.241 e. The first kappa shape index (κ1) is 13.6. The van der Waals surface area contributed by atoms with E-state index >= 15 is 0 Å². The second-order valence-corrected chi connectivity index (χ2v) is 5.07. The van der Waals surface area contributed by atoms with Crippen molar-refractivity contribution in [3.63, 3.8) is 0 Å². The third kappa shape index (κ3) is 2.74. The molecular weight excluding hydrogens is 290 g/mol. The lowest BCUT2D eigenvalue weighted by Gasteiger charge is -2.19. The van der Waals surface area contributed by atoms with Gasteiger partial charge in [-0.1, -0.05) is 23.7 Å². The van der Waals surface area contributed by atoms with Gasteiger partial charge in [-0.15, -0.1) is 0 Å². The molecule has 0 amide bonds. The Morgan fingerprint density at radius 3 is 3.00 bits per heavy atom. The van der Waals surface area contributed by atoms with Gasteiger partial charge in [0.2, 0.25) is 5.95 Å². The molecular formula is C13H14ClN7. The van der Waals surface area contributed by atoms with Crippen LogP contribution in [0.15, 0.2) is 30.5 Å². The zero-order valence-electron chi connectivity index (χ0n) is 11.3. The van der Waals surface area contributed by atoms with Gasteiger partial charge in [0.05, 0.1) is 11.6 Å². The minimum atomic E-state index is 0.333. The highest BCUT2D eigenvalue weighted by Gasteiger charge is 2.13. The van der Waals surface area contributed by atoms with Crippen molar-refractivity contribution < 1.29 is 0 Å². The number of hydrogen-bond donors (Lipinski definition) is 3. The van der Waals surface area contributed by atoms with Gasteiger partial charge < -0.3 is 4.90 Å². The van der Waals surface area contributed by atoms with Gasteiger partial charge in [0.25, 0.3) is 0 Å². The molecule has 0 bridgehead atoms. The van der Waals surface area contributed by atoms with Gasteiger partial charge >= 0.3 is 0 Å². The van der Waals surface area contributed by atoms with Crippen LogP contribution in [-0.4, -0.2) is 27.2 Å². The fourth-order valence-electron chi connectivity index (χ4n) is 2.16. The van der Waals surface area contributed by atoms with Crippen molar-refractivity contribution in [3.05, 3.63) is 41.0 Å². The van der Waals surface area contributed by atoms with Gasteiger partial charge in [-0.25, -0.2) is 5.84 Å². The number of hydrazine groups is 1. The minimum absolute atomic E-state index is 0.333. The molecule has 8 heteroatoms. The molecule has 108 valence electrons. The summed E-state index contributed by atoms with van der Waals surface area (Å²) in [4.78, 5) is 10.6. The van der Waals surface area contributed by atoms with Gasteiger partial charge in [-0.3, -0.25) is 10.5 Å². The molecule has 0 saturated carbocycles. The number of fused-ring (bicyclic) bond motifs is 1. The van der Waals surface area contributed by atoms with E-state index in [9.17, 15) is 0 Å². The molecule has 0 fully saturated rings. The fourth-order valence-corrected chi connectivity index (χ4v) is 2.37. The molecule has 0 aliphatic heterocycles. The lowest BCUT2D eigenvalue weighted by molar-refractivity contribution is 0.900. The molecule has 0 spiro atoms. The Bertz CT molecular complexity index is 770. The average Bonchev–Trinajstić information content (AvgIpc) is 2.94. The van der Waals surface area contributed by atoms with Crippen LogP contribution < -0.4 is 16.2 Å². The number of benzene rings is 1. The van der Waals surface area contributed by atoms with E-state index in [4.69, 9.17) is 17.4 Å². The predicted molar refractivity (Wildman–Crippen MR) is 83.1 cm³/mol. The number of nitrogens with one attached hydrogen (secondary N) is 2. The number of rotatable bonds is 4. The SMILES string of the molecule is CN(Cc1cccc(Cl)c1)c1nc(NN)nc2[nH]ncc12. The summed E-state index contributed by atoms with van der Waals surface area (Å²) in [6.45, 7) is 0.655. The molecule has 7 nitrogen and oxygen atoms in total. The summed E-state index contributed by atoms with van der Waals surface area (Å²) < 4.78 is 0. The summed E-state index contributed by atoms with van der Waals surface area (Å²) in [5.41, 5.74) is 4.18. The molecule has 1 aromatic carbocycles. The average molecular weight is 304 g/mol. The second kappa shape index (κ2) is 5.55. The number of nitrogens with two attached hydrogens (primary N) is 1. The summed E-state index contributed by atoms with van der Waals surface area (Å²) >= 11 is 6.01. The van der Waals surface area contributed by atoms with Gasteiger partial charge in [-0.2, -0.15) is 15.1 Å². The summed E-state index contributed by atoms with van der Waals surface area (Å²) in [7, 11) is 1.94. The molecule has 0 saturated heterocycles. The number of aromatic nitrogens is 4. The molecule has 0 radical (unpaired) electrons. The Kier molecular flexibility index (Phi) is 3.59. The van der Waals surface area contributed by atoms with Gasteiger partial charge in [0.15, 0.2) is 5.65 Å². The number of H-pyrrole nitrogens is 1. The molecule has 0 atom stereocenters. The van der Waals surface area contributed by atoms with E-state index in [1.54, 1.807) is 6.20 Å². The highest BCUT2D eigenvalue weighted by molar-refractivity contribution is 6.30. The first-order chi connectivity index (χ1) is 10.2. The van der Waals surface area contributed by atoms with Crippen molar-refractivity contribution in [2.24, 2.45) is 5.84 Å². The Labute approximate surface area is 126 Å². The molecule has 0 unspecified atom stereocenters. The molecule has 2 heterocycles. The lowest BCUT2D eigenvalue weighted by Crippen LogP contribution is -2.20. The predicted octanol–water partition coefficient (Wildman–Crippen LogP) is 1.93. The molecule has 4 N–H and O–H groups in total. The lowest BCUT2D eigenvalue weighted by atomic mass is 10.2. The quantitative estimate of drug-likeness (QED) is 0.503. The van der Waals surface area contributed by atoms with Crippen molar-refractivity contribution in [1.82, 2.24) is 20.2 Å². The Hall–Kier alpha value is -2.38. The van der Waals surface area contributed by atoms with E-state index in [1.165, 1.54) is 0 Å². The van der Waals surface area contributed by atoms with Crippen molar-refractivity contribution in [2.45, 2.75) is 6.54 Å². The third-order valence-electron chi connectivity index (χ3n) is 3.09. The fraction of sp³-hybridized carbons (Fsp3) is 0.154. The Morgan fingerprint density at radius 2 is 2.24 bits per heavy atom. The minimum Gasteiger partial charge on any atom is -0.355 e. The van der Waals surface area contributed by atoms with Gasteiger partial charge in [0, 0.05) is 18.6 Å². The number of hydrogen-bond acceptors (Lipinski definition) is 6. The molecule has 0 aliphatic carbocycles. The Morgan fingerprint density at radius 1 is 1.38 bits per heavy atom. The zero-order valence-corrected chi connectivity index (χ0v) is 12.1. The highest BCUT2D eigenvalue weighted by Crippen LogP contribution is 2.24. The molecule has 21 heavy (non-hydrogen) atoms. The summed E-state index contributed by atoms with van der Waals surface area (Å²) in [5, 5.41) is 8.36. The van der Waals surface area contributed by atoms with Crippen LogP contribution >= 0.6 is 11.6 Å². The first-order valence-electron chi connectivity index (χ1n) is 6.30. The molecule has 2 aromatic heterocycles. The van der Waals surface area contributed by atoms with Crippen LogP contribution in [0.4, 0.5) is 11.8 Å². The smallest absolute Gasteiger partial charge is 0.241 e. The number of anilines is 2. The van der Waals surface area contributed by atoms with E-state index < -0.39 is 0 Å². The standard InChI is InChI=1S/C13H14ClN7/c1-21(7-8-3-2-4-9(14)5-8)12-10-6-16-20-11(10)17-13(18-12)19-15/h2-6H,7,15H2,1H3,(H2,16,17,18,19,20). The van der Waals surface area contributed by atoms with E-state index in [-0.39, 0.29) is 0 Å². The third-order valence-corrected chi connectivity index (χ3v) is 3.32. The normalized spacial score (nSPS) is 10.8. The van der Waals surface area contributed by atoms with Crippen LogP contribution in [0.3, 0.4) is 0 Å². The van der Waals surface area contributed by atoms with Crippen LogP contribution in [-0.2, 0) is 6.54 Å². The van der Waals surface area contributed by atoms with Crippen molar-refractivity contribution >= 4 is 34.4 Å². The van der Waals surface area contributed by atoms with Crippen LogP contribution in [0, 0.1) is 0 Å². The van der Waals surface area contributed by atoms with Crippen molar-refractivity contribution in [3.8, 4) is 0 Å². The van der Waals surface area contributed by atoms with Crippen molar-refractivity contribution in [2.75, 3.05) is 17.4 Å². The van der Waals surface area contributed by atoms with E-state index in [0.717, 1.165) is 16.8 Å². The topological polar surface area (TPSA) is 95.8 Å². The Balaban J connectivity index is 1.97. The zero-order chi connectivity index (χ0) is 14.8. The van der Waals surface area contributed by atoms with E-state index in [0.29, 0.717) is 23.2 Å². The summed E-state index contributed by atoms with van der Waals surface area (Å²) in [5.74, 6) is 6.48. The monoisotopic (exact) mass is 303 g/mol. The largest absolute Gasteiger partial charge is 0.355 e. The first-order valence-corrected chi connectivity index (χ1v) is 6.68. The van der Waals surface area contributed by atoms with Crippen LogP contribution in [0.2, 0.25) is 5.02 Å². The van der Waals surface area contributed by atoms with Gasteiger partial charge in [-0.05, 0) is 17.7 Å². The van der Waals surface area contributed by atoms with Crippen molar-refractivity contribution in [1.29, 1.82) is 0 Å². The highest BCUT2D eigenvalue weighted by atomic mass is 35.5. The second-order valence-electron chi connectivity index (χ2n) is 4.63. The van der Waals surface area contributed by atoms with Crippen LogP contribution in [0.5, 0.6) is 0 Å². The maximum atomic E-state index is 6.01. The molecule has 3 rings (SSSR count). The van der Waals surface area contributed by atoms with E-state index in [1.807, 2.05) is 36.2 Å². The van der Waals surface area contributed by atoms with E-state index in [2.05, 4.69) is 25.6 Å². The maximum absolute atomic E-state index is 6.01. The summed E-state index contributed by atoms with van der Waals surface area (Å²) in [6.07, 6.45) is 1.69. The van der Waals surface area contributed by atoms with Gasteiger partial charge in [0.1, 0.15) is 5.82 Å². The number of halogens is 1. The number of nitrogen functional groups attached to an aromatic ring is 1.